The first-order valence-corrected chi connectivity index (χ1v) is 8.45. The van der Waals surface area contributed by atoms with Crippen LogP contribution in [0, 0.1) is 0 Å². The third-order valence-corrected chi connectivity index (χ3v) is 4.92. The Morgan fingerprint density at radius 3 is 1.68 bits per heavy atom. The fourth-order valence-corrected chi connectivity index (χ4v) is 2.59. The zero-order valence-electron chi connectivity index (χ0n) is 15.1. The van der Waals surface area contributed by atoms with E-state index >= 15 is 0 Å². The first-order valence-electron chi connectivity index (χ1n) is 7.59. The van der Waals surface area contributed by atoms with Gasteiger partial charge < -0.3 is 5.11 Å². The van der Waals surface area contributed by atoms with Crippen LogP contribution in [0.25, 0.3) is 0 Å². The lowest BCUT2D eigenvalue weighted by Gasteiger charge is -2.31. The van der Waals surface area contributed by atoms with Crippen molar-refractivity contribution in [2.75, 3.05) is 14.1 Å². The van der Waals surface area contributed by atoms with Crippen molar-refractivity contribution < 1.29 is 9.59 Å². The van der Waals surface area contributed by atoms with E-state index in [0.717, 1.165) is 17.7 Å². The molecule has 1 rings (SSSR count). The van der Waals surface area contributed by atoms with E-state index in [1.165, 1.54) is 5.56 Å². The number of nitrogens with zero attached hydrogens (tertiary/aromatic N) is 1. The van der Waals surface area contributed by atoms with Gasteiger partial charge in [0.15, 0.2) is 0 Å². The van der Waals surface area contributed by atoms with Crippen LogP contribution >= 0.6 is 24.8 Å². The number of quaternary nitrogens is 1. The topological polar surface area (TPSA) is 20.2 Å². The van der Waals surface area contributed by atoms with Crippen LogP contribution < -0.4 is 0 Å². The predicted molar refractivity (Wildman–Crippen MR) is 103 cm³/mol. The van der Waals surface area contributed by atoms with Crippen LogP contribution in [0.2, 0.25) is 0 Å². The Morgan fingerprint density at radius 1 is 1.05 bits per heavy atom. The lowest BCUT2D eigenvalue weighted by Crippen LogP contribution is -2.41. The molecular weight excluding hydrogens is 310 g/mol. The van der Waals surface area contributed by atoms with Crippen LogP contribution in [0.15, 0.2) is 12.1 Å². The van der Waals surface area contributed by atoms with E-state index < -0.39 is 0 Å². The monoisotopic (exact) mass is 340 g/mol. The van der Waals surface area contributed by atoms with Gasteiger partial charge in [0.05, 0.1) is 14.1 Å². The summed E-state index contributed by atoms with van der Waals surface area (Å²) in [6.45, 7) is 13.5. The molecular formula is C18H30NOS2+. The van der Waals surface area contributed by atoms with Crippen molar-refractivity contribution >= 4 is 29.2 Å². The quantitative estimate of drug-likeness (QED) is 0.459. The van der Waals surface area contributed by atoms with Crippen molar-refractivity contribution in [3.63, 3.8) is 0 Å². The average Bonchev–Trinajstić information content (AvgIpc) is 2.27. The SMILES string of the molecule is CC(C)(C)c1cc(C[N+](C)(C)C(=S)S)cc(C(C)(C)C)c1O. The number of phenols is 1. The second-order valence-corrected chi connectivity index (χ2v) is 9.78. The van der Waals surface area contributed by atoms with Gasteiger partial charge in [0.2, 0.25) is 4.32 Å². The lowest BCUT2D eigenvalue weighted by atomic mass is 9.78. The Labute approximate surface area is 146 Å². The van der Waals surface area contributed by atoms with Crippen molar-refractivity contribution in [3.05, 3.63) is 28.8 Å². The third kappa shape index (κ3) is 4.46. The zero-order valence-corrected chi connectivity index (χ0v) is 16.8. The standard InChI is InChI=1S/C18H29NOS2/c1-17(2,3)13-9-12(11-19(7,8)16(21)22)10-14(15(13)20)18(4,5)6/h9-10H,11H2,1-8H3,(H-,20,21,22)/p+1. The van der Waals surface area contributed by atoms with E-state index in [1.807, 2.05) is 0 Å². The molecule has 4 heteroatoms. The summed E-state index contributed by atoms with van der Waals surface area (Å²) in [6.07, 6.45) is 0. The number of hydrogen-bond donors (Lipinski definition) is 2. The van der Waals surface area contributed by atoms with Crippen LogP contribution in [0.4, 0.5) is 0 Å². The summed E-state index contributed by atoms with van der Waals surface area (Å²) in [4.78, 5) is 0. The van der Waals surface area contributed by atoms with Gasteiger partial charge in [0, 0.05) is 16.7 Å². The molecule has 0 atom stereocenters. The summed E-state index contributed by atoms with van der Waals surface area (Å²) < 4.78 is 1.19. The Morgan fingerprint density at radius 2 is 1.41 bits per heavy atom. The van der Waals surface area contributed by atoms with Crippen LogP contribution in [0.1, 0.15) is 58.2 Å². The Balaban J connectivity index is 3.52. The van der Waals surface area contributed by atoms with Crippen molar-refractivity contribution in [1.82, 2.24) is 0 Å². The first-order chi connectivity index (χ1) is 9.66. The van der Waals surface area contributed by atoms with Gasteiger partial charge in [-0.15, -0.1) is 0 Å². The molecule has 0 radical (unpaired) electrons. The summed E-state index contributed by atoms with van der Waals surface area (Å²) in [5, 5.41) is 10.7. The molecule has 22 heavy (non-hydrogen) atoms. The number of phenolic OH excluding ortho intramolecular Hbond substituents is 1. The summed E-state index contributed by atoms with van der Waals surface area (Å²) in [6, 6.07) is 4.22. The second kappa shape index (κ2) is 6.14. The highest BCUT2D eigenvalue weighted by atomic mass is 32.1. The van der Waals surface area contributed by atoms with Gasteiger partial charge in [-0.2, -0.15) is 0 Å². The maximum Gasteiger partial charge on any atom is 0.230 e. The number of benzene rings is 1. The van der Waals surface area contributed by atoms with Gasteiger partial charge in [-0.05, 0) is 35.2 Å². The maximum atomic E-state index is 10.7. The smallest absolute Gasteiger partial charge is 0.230 e. The lowest BCUT2D eigenvalue weighted by molar-refractivity contribution is -0.807. The number of aromatic hydroxyl groups is 1. The molecule has 2 nitrogen and oxygen atoms in total. The van der Waals surface area contributed by atoms with E-state index in [1.54, 1.807) is 0 Å². The predicted octanol–water partition coefficient (Wildman–Crippen LogP) is 4.78. The Kier molecular flexibility index (Phi) is 5.43. The maximum absolute atomic E-state index is 10.7. The van der Waals surface area contributed by atoms with Gasteiger partial charge in [0.1, 0.15) is 12.3 Å². The minimum absolute atomic E-state index is 0.112. The fourth-order valence-electron chi connectivity index (χ4n) is 2.45. The molecule has 1 aromatic carbocycles. The van der Waals surface area contributed by atoms with Crippen LogP contribution in [0.3, 0.4) is 0 Å². The molecule has 0 amide bonds. The van der Waals surface area contributed by atoms with Crippen LogP contribution in [-0.4, -0.2) is 28.0 Å². The van der Waals surface area contributed by atoms with Gasteiger partial charge in [-0.1, -0.05) is 54.2 Å². The molecule has 1 aromatic rings. The second-order valence-electron chi connectivity index (χ2n) is 8.67. The molecule has 0 aliphatic heterocycles. The number of thiocarbonyl (C=S) groups is 1. The molecule has 0 saturated carbocycles. The molecule has 1 N–H and O–H groups in total. The van der Waals surface area contributed by atoms with Crippen molar-refractivity contribution in [2.24, 2.45) is 0 Å². The number of rotatable bonds is 2. The van der Waals surface area contributed by atoms with Gasteiger partial charge in [-0.25, -0.2) is 0 Å². The highest BCUT2D eigenvalue weighted by Gasteiger charge is 2.28. The van der Waals surface area contributed by atoms with Crippen molar-refractivity contribution in [3.8, 4) is 5.75 Å². The molecule has 0 heterocycles. The van der Waals surface area contributed by atoms with Gasteiger partial charge in [0.25, 0.3) is 0 Å². The summed E-state index contributed by atoms with van der Waals surface area (Å²) in [5.74, 6) is 0.419. The number of thiol groups is 1. The van der Waals surface area contributed by atoms with Gasteiger partial charge >= 0.3 is 0 Å². The van der Waals surface area contributed by atoms with Gasteiger partial charge in [-0.3, -0.25) is 4.48 Å². The first kappa shape index (κ1) is 19.5. The molecule has 0 aliphatic rings. The molecule has 0 spiro atoms. The Hall–Kier alpha value is -0.580. The van der Waals surface area contributed by atoms with E-state index in [0.29, 0.717) is 14.6 Å². The average molecular weight is 341 g/mol. The van der Waals surface area contributed by atoms with E-state index in [-0.39, 0.29) is 10.8 Å². The minimum atomic E-state index is -0.112. The highest BCUT2D eigenvalue weighted by Crippen LogP contribution is 2.40. The van der Waals surface area contributed by atoms with E-state index in [9.17, 15) is 5.11 Å². The van der Waals surface area contributed by atoms with E-state index in [2.05, 4.69) is 80.4 Å². The normalized spacial score (nSPS) is 13.3. The fraction of sp³-hybridized carbons (Fsp3) is 0.611. The third-order valence-electron chi connectivity index (χ3n) is 3.88. The van der Waals surface area contributed by atoms with Crippen LogP contribution in [-0.2, 0) is 17.4 Å². The minimum Gasteiger partial charge on any atom is -0.507 e. The molecule has 0 saturated heterocycles. The molecule has 0 fully saturated rings. The molecule has 0 aliphatic carbocycles. The van der Waals surface area contributed by atoms with E-state index in [4.69, 9.17) is 12.2 Å². The molecule has 0 aromatic heterocycles. The summed E-state index contributed by atoms with van der Waals surface area (Å²) in [5.41, 5.74) is 2.92. The van der Waals surface area contributed by atoms with Crippen LogP contribution in [0.5, 0.6) is 5.75 Å². The number of hydrogen-bond acceptors (Lipinski definition) is 2. The van der Waals surface area contributed by atoms with Crippen molar-refractivity contribution in [2.45, 2.75) is 58.9 Å². The summed E-state index contributed by atoms with van der Waals surface area (Å²) in [7, 11) is 4.10. The Bertz CT molecular complexity index is 543. The molecule has 0 bridgehead atoms. The molecule has 124 valence electrons. The van der Waals surface area contributed by atoms with Crippen molar-refractivity contribution in [1.29, 1.82) is 0 Å². The summed E-state index contributed by atoms with van der Waals surface area (Å²) >= 11 is 9.61. The molecule has 0 unspecified atom stereocenters. The zero-order chi connectivity index (χ0) is 17.5. The largest absolute Gasteiger partial charge is 0.507 e. The highest BCUT2D eigenvalue weighted by molar-refractivity contribution is 8.10.